The summed E-state index contributed by atoms with van der Waals surface area (Å²) in [4.78, 5) is 38.2. The minimum absolute atomic E-state index is 0.202. The molecule has 144 valence electrons. The van der Waals surface area contributed by atoms with Crippen LogP contribution in [-0.2, 0) is 4.79 Å². The third kappa shape index (κ3) is 3.43. The molecule has 0 aromatic heterocycles. The lowest BCUT2D eigenvalue weighted by Crippen LogP contribution is -2.26. The fourth-order valence-corrected chi connectivity index (χ4v) is 3.44. The molecular weight excluding hydrogens is 366 g/mol. The maximum Gasteiger partial charge on any atom is 0.262 e. The maximum absolute atomic E-state index is 13.0. The Morgan fingerprint density at radius 3 is 2.31 bits per heavy atom. The first-order valence-corrected chi connectivity index (χ1v) is 9.27. The summed E-state index contributed by atoms with van der Waals surface area (Å²) in [6.45, 7) is 3.65. The number of anilines is 1. The molecular formula is C24H19NO4. The molecule has 1 aliphatic carbocycles. The van der Waals surface area contributed by atoms with Gasteiger partial charge in [0.05, 0.1) is 11.3 Å². The molecule has 5 heteroatoms. The van der Waals surface area contributed by atoms with Crippen LogP contribution >= 0.6 is 0 Å². The fraction of sp³-hybridized carbons (Fsp3) is 0.125. The Morgan fingerprint density at radius 1 is 0.862 bits per heavy atom. The molecule has 1 amide bonds. The Bertz CT molecular complexity index is 1160. The topological polar surface area (TPSA) is 72.5 Å². The first kappa shape index (κ1) is 18.6. The second kappa shape index (κ2) is 7.36. The Balaban J connectivity index is 1.58. The predicted molar refractivity (Wildman–Crippen MR) is 110 cm³/mol. The summed E-state index contributed by atoms with van der Waals surface area (Å²) in [5.74, 6) is -0.270. The van der Waals surface area contributed by atoms with E-state index in [1.807, 2.05) is 32.0 Å². The molecule has 3 aromatic rings. The predicted octanol–water partition coefficient (Wildman–Crippen LogP) is 4.10. The molecule has 0 aliphatic heterocycles. The van der Waals surface area contributed by atoms with Gasteiger partial charge in [-0.05, 0) is 37.1 Å². The highest BCUT2D eigenvalue weighted by atomic mass is 16.5. The number of hydrogen-bond donors (Lipinski definition) is 1. The normalized spacial score (nSPS) is 12.2. The number of carbonyl (C=O) groups excluding carboxylic acids is 3. The SMILES string of the molecule is Cc1ccc(C)c(OCC(=O)Nc2cccc3c2C(=O)c2ccccc2C3=O)c1. The van der Waals surface area contributed by atoms with Gasteiger partial charge in [-0.15, -0.1) is 0 Å². The standard InChI is InChI=1S/C24H19NO4/c1-14-10-11-15(2)20(12-14)29-13-21(26)25-19-9-5-8-18-22(19)24(28)17-7-4-3-6-16(17)23(18)27/h3-12H,13H2,1-2H3,(H,25,26). The fourth-order valence-electron chi connectivity index (χ4n) is 3.44. The van der Waals surface area contributed by atoms with Gasteiger partial charge < -0.3 is 10.1 Å². The lowest BCUT2D eigenvalue weighted by Gasteiger charge is -2.20. The van der Waals surface area contributed by atoms with Crippen molar-refractivity contribution in [1.82, 2.24) is 0 Å². The molecule has 0 unspecified atom stereocenters. The van der Waals surface area contributed by atoms with E-state index in [4.69, 9.17) is 4.74 Å². The van der Waals surface area contributed by atoms with Crippen LogP contribution in [0.5, 0.6) is 5.75 Å². The Labute approximate surface area is 168 Å². The molecule has 1 aliphatic rings. The minimum Gasteiger partial charge on any atom is -0.483 e. The van der Waals surface area contributed by atoms with E-state index in [2.05, 4.69) is 5.32 Å². The number of fused-ring (bicyclic) bond motifs is 2. The van der Waals surface area contributed by atoms with Crippen molar-refractivity contribution in [3.63, 3.8) is 0 Å². The average molecular weight is 385 g/mol. The van der Waals surface area contributed by atoms with Crippen LogP contribution in [0.4, 0.5) is 5.69 Å². The zero-order valence-corrected chi connectivity index (χ0v) is 16.1. The van der Waals surface area contributed by atoms with E-state index in [0.717, 1.165) is 11.1 Å². The van der Waals surface area contributed by atoms with Crippen molar-refractivity contribution >= 4 is 23.2 Å². The Morgan fingerprint density at radius 2 is 1.55 bits per heavy atom. The maximum atomic E-state index is 13.0. The number of hydrogen-bond acceptors (Lipinski definition) is 4. The molecule has 0 saturated heterocycles. The molecule has 5 nitrogen and oxygen atoms in total. The number of ether oxygens (including phenoxy) is 1. The number of amides is 1. The van der Waals surface area contributed by atoms with Crippen molar-refractivity contribution in [3.05, 3.63) is 94.0 Å². The molecule has 4 rings (SSSR count). The van der Waals surface area contributed by atoms with Gasteiger partial charge in [-0.25, -0.2) is 0 Å². The zero-order valence-electron chi connectivity index (χ0n) is 16.1. The van der Waals surface area contributed by atoms with Crippen molar-refractivity contribution in [3.8, 4) is 5.75 Å². The highest BCUT2D eigenvalue weighted by molar-refractivity contribution is 6.30. The third-order valence-corrected chi connectivity index (χ3v) is 4.93. The largest absolute Gasteiger partial charge is 0.483 e. The zero-order chi connectivity index (χ0) is 20.5. The second-order valence-electron chi connectivity index (χ2n) is 7.04. The van der Waals surface area contributed by atoms with Crippen molar-refractivity contribution in [2.45, 2.75) is 13.8 Å². The molecule has 0 spiro atoms. The smallest absolute Gasteiger partial charge is 0.262 e. The quantitative estimate of drug-likeness (QED) is 0.574. The summed E-state index contributed by atoms with van der Waals surface area (Å²) in [6, 6.07) is 17.4. The Kier molecular flexibility index (Phi) is 4.72. The van der Waals surface area contributed by atoms with Crippen molar-refractivity contribution in [2.24, 2.45) is 0 Å². The lowest BCUT2D eigenvalue weighted by molar-refractivity contribution is -0.118. The van der Waals surface area contributed by atoms with Gasteiger partial charge in [-0.3, -0.25) is 14.4 Å². The molecule has 0 heterocycles. The summed E-state index contributed by atoms with van der Waals surface area (Å²) in [7, 11) is 0. The monoisotopic (exact) mass is 385 g/mol. The van der Waals surface area contributed by atoms with E-state index in [1.165, 1.54) is 0 Å². The number of ketones is 2. The van der Waals surface area contributed by atoms with E-state index in [1.54, 1.807) is 42.5 Å². The molecule has 1 N–H and O–H groups in total. The van der Waals surface area contributed by atoms with Crippen LogP contribution in [0.1, 0.15) is 43.0 Å². The summed E-state index contributed by atoms with van der Waals surface area (Å²) in [5, 5.41) is 2.72. The van der Waals surface area contributed by atoms with Crippen molar-refractivity contribution in [2.75, 3.05) is 11.9 Å². The van der Waals surface area contributed by atoms with Gasteiger partial charge in [0, 0.05) is 16.7 Å². The number of rotatable bonds is 4. The van der Waals surface area contributed by atoms with E-state index in [-0.39, 0.29) is 23.7 Å². The van der Waals surface area contributed by atoms with E-state index in [0.29, 0.717) is 28.1 Å². The van der Waals surface area contributed by atoms with Gasteiger partial charge in [0.15, 0.2) is 18.2 Å². The minimum atomic E-state index is -0.404. The average Bonchev–Trinajstić information content (AvgIpc) is 2.72. The number of benzene rings is 3. The summed E-state index contributed by atoms with van der Waals surface area (Å²) >= 11 is 0. The van der Waals surface area contributed by atoms with Crippen LogP contribution in [-0.4, -0.2) is 24.1 Å². The van der Waals surface area contributed by atoms with Crippen molar-refractivity contribution < 1.29 is 19.1 Å². The number of carbonyl (C=O) groups is 3. The molecule has 3 aromatic carbocycles. The first-order valence-electron chi connectivity index (χ1n) is 9.27. The third-order valence-electron chi connectivity index (χ3n) is 4.93. The van der Waals surface area contributed by atoms with Gasteiger partial charge in [0.2, 0.25) is 0 Å². The van der Waals surface area contributed by atoms with E-state index in [9.17, 15) is 14.4 Å². The van der Waals surface area contributed by atoms with Crippen LogP contribution in [0.2, 0.25) is 0 Å². The molecule has 0 bridgehead atoms. The molecule has 0 radical (unpaired) electrons. The summed E-state index contributed by atoms with van der Waals surface area (Å²) in [5.41, 5.74) is 3.51. The lowest BCUT2D eigenvalue weighted by atomic mass is 9.83. The first-order chi connectivity index (χ1) is 14.0. The van der Waals surface area contributed by atoms with Gasteiger partial charge in [0.25, 0.3) is 5.91 Å². The highest BCUT2D eigenvalue weighted by Gasteiger charge is 2.31. The highest BCUT2D eigenvalue weighted by Crippen LogP contribution is 2.32. The van der Waals surface area contributed by atoms with Crippen molar-refractivity contribution in [1.29, 1.82) is 0 Å². The van der Waals surface area contributed by atoms with Crippen LogP contribution in [0.15, 0.2) is 60.7 Å². The molecule has 0 atom stereocenters. The van der Waals surface area contributed by atoms with Gasteiger partial charge in [-0.2, -0.15) is 0 Å². The molecule has 0 saturated carbocycles. The van der Waals surface area contributed by atoms with Crippen LogP contribution in [0.3, 0.4) is 0 Å². The van der Waals surface area contributed by atoms with Crippen LogP contribution in [0, 0.1) is 13.8 Å². The Hall–Kier alpha value is -3.73. The number of nitrogens with one attached hydrogen (secondary N) is 1. The van der Waals surface area contributed by atoms with Gasteiger partial charge >= 0.3 is 0 Å². The molecule has 29 heavy (non-hydrogen) atoms. The van der Waals surface area contributed by atoms with E-state index < -0.39 is 5.91 Å². The second-order valence-corrected chi connectivity index (χ2v) is 7.04. The van der Waals surface area contributed by atoms with Gasteiger partial charge in [0.1, 0.15) is 5.75 Å². The van der Waals surface area contributed by atoms with E-state index >= 15 is 0 Å². The summed E-state index contributed by atoms with van der Waals surface area (Å²) < 4.78 is 5.64. The van der Waals surface area contributed by atoms with Crippen LogP contribution in [0.25, 0.3) is 0 Å². The van der Waals surface area contributed by atoms with Crippen LogP contribution < -0.4 is 10.1 Å². The summed E-state index contributed by atoms with van der Waals surface area (Å²) in [6.07, 6.45) is 0. The van der Waals surface area contributed by atoms with Gasteiger partial charge in [-0.1, -0.05) is 48.5 Å². The number of aryl methyl sites for hydroxylation is 2. The molecule has 0 fully saturated rings.